The smallest absolute Gasteiger partial charge is 0.278 e. The van der Waals surface area contributed by atoms with E-state index in [1.165, 1.54) is 12.7 Å². The van der Waals surface area contributed by atoms with Crippen LogP contribution in [-0.2, 0) is 10.3 Å². The number of H-pyrrole nitrogens is 1. The SMILES string of the molecule is COc1ccc(C(OC[C@H]2C[C@@H](n3cnc4c(=O)[nH]cnc43)[C@H](O)[C@@H]2F)(c2ccccc2)c2ccc(OC)cc2)cc1. The first kappa shape index (κ1) is 27.6. The quantitative estimate of drug-likeness (QED) is 0.253. The van der Waals surface area contributed by atoms with Crippen LogP contribution in [0.5, 0.6) is 11.5 Å². The molecule has 0 bridgehead atoms. The second-order valence-electron chi connectivity index (χ2n) is 10.4. The minimum Gasteiger partial charge on any atom is -0.497 e. The number of aliphatic hydroxyl groups is 1. The van der Waals surface area contributed by atoms with Gasteiger partial charge in [-0.05, 0) is 47.4 Å². The van der Waals surface area contributed by atoms with E-state index in [1.807, 2.05) is 78.9 Å². The van der Waals surface area contributed by atoms with Crippen LogP contribution < -0.4 is 15.0 Å². The summed E-state index contributed by atoms with van der Waals surface area (Å²) >= 11 is 0. The number of methoxy groups -OCH3 is 2. The molecule has 1 aliphatic carbocycles. The van der Waals surface area contributed by atoms with Gasteiger partial charge >= 0.3 is 0 Å². The molecular formula is C32H31FN4O5. The maximum absolute atomic E-state index is 15.8. The van der Waals surface area contributed by atoms with Crippen LogP contribution in [0.2, 0.25) is 0 Å². The molecule has 10 heteroatoms. The predicted molar refractivity (Wildman–Crippen MR) is 154 cm³/mol. The van der Waals surface area contributed by atoms with E-state index in [4.69, 9.17) is 14.2 Å². The molecule has 0 spiro atoms. The fourth-order valence-electron chi connectivity index (χ4n) is 5.92. The summed E-state index contributed by atoms with van der Waals surface area (Å²) < 4.78 is 35.1. The molecule has 216 valence electrons. The fourth-order valence-corrected chi connectivity index (χ4v) is 5.92. The topological polar surface area (TPSA) is 111 Å². The normalized spacial score (nSPS) is 20.6. The number of nitrogens with zero attached hydrogens (tertiary/aromatic N) is 3. The highest BCUT2D eigenvalue weighted by molar-refractivity contribution is 5.69. The number of hydrogen-bond donors (Lipinski definition) is 2. The minimum absolute atomic E-state index is 0.00230. The van der Waals surface area contributed by atoms with Crippen molar-refractivity contribution in [1.29, 1.82) is 0 Å². The molecule has 4 atom stereocenters. The third kappa shape index (κ3) is 4.72. The summed E-state index contributed by atoms with van der Waals surface area (Å²) in [5, 5.41) is 11.0. The van der Waals surface area contributed by atoms with E-state index in [1.54, 1.807) is 18.8 Å². The number of benzene rings is 3. The molecule has 0 saturated heterocycles. The molecule has 0 amide bonds. The predicted octanol–water partition coefficient (Wildman–Crippen LogP) is 4.41. The van der Waals surface area contributed by atoms with Gasteiger partial charge in [0.1, 0.15) is 29.4 Å². The number of hydrogen-bond acceptors (Lipinski definition) is 7. The molecule has 6 rings (SSSR count). The summed E-state index contributed by atoms with van der Waals surface area (Å²) in [4.78, 5) is 23.0. The van der Waals surface area contributed by atoms with E-state index in [-0.39, 0.29) is 18.5 Å². The molecule has 0 radical (unpaired) electrons. The zero-order valence-electron chi connectivity index (χ0n) is 23.2. The second-order valence-corrected chi connectivity index (χ2v) is 10.4. The number of ether oxygens (including phenoxy) is 3. The van der Waals surface area contributed by atoms with Gasteiger partial charge in [-0.3, -0.25) is 4.79 Å². The molecule has 3 aromatic carbocycles. The number of alkyl halides is 1. The highest BCUT2D eigenvalue weighted by Crippen LogP contribution is 2.44. The van der Waals surface area contributed by atoms with Crippen LogP contribution in [0.25, 0.3) is 11.2 Å². The Hall–Kier alpha value is -4.54. The fraction of sp³-hybridized carbons (Fsp3) is 0.281. The van der Waals surface area contributed by atoms with Crippen LogP contribution in [0.15, 0.2) is 96.3 Å². The van der Waals surface area contributed by atoms with Gasteiger partial charge in [-0.25, -0.2) is 14.4 Å². The molecule has 0 aliphatic heterocycles. The summed E-state index contributed by atoms with van der Waals surface area (Å²) in [7, 11) is 3.22. The number of rotatable bonds is 9. The lowest BCUT2D eigenvalue weighted by Gasteiger charge is -2.37. The van der Waals surface area contributed by atoms with Crippen molar-refractivity contribution in [3.05, 3.63) is 119 Å². The van der Waals surface area contributed by atoms with Gasteiger partial charge in [-0.1, -0.05) is 54.6 Å². The van der Waals surface area contributed by atoms with E-state index < -0.39 is 35.4 Å². The van der Waals surface area contributed by atoms with Crippen LogP contribution in [0.4, 0.5) is 4.39 Å². The van der Waals surface area contributed by atoms with E-state index in [0.717, 1.165) is 16.7 Å². The van der Waals surface area contributed by atoms with Crippen molar-refractivity contribution < 1.29 is 23.7 Å². The van der Waals surface area contributed by atoms with Crippen LogP contribution in [0.1, 0.15) is 29.2 Å². The zero-order valence-corrected chi connectivity index (χ0v) is 23.2. The summed E-state index contributed by atoms with van der Waals surface area (Å²) in [6.07, 6.45) is 0.0631. The Labute approximate surface area is 241 Å². The van der Waals surface area contributed by atoms with Crippen molar-refractivity contribution in [1.82, 2.24) is 19.5 Å². The maximum atomic E-state index is 15.8. The molecule has 1 aliphatic rings. The van der Waals surface area contributed by atoms with Crippen molar-refractivity contribution in [2.45, 2.75) is 30.3 Å². The molecule has 2 N–H and O–H groups in total. The Morgan fingerprint density at radius 1 is 0.929 bits per heavy atom. The van der Waals surface area contributed by atoms with E-state index in [0.29, 0.717) is 17.1 Å². The Bertz CT molecular complexity index is 1660. The third-order valence-corrected chi connectivity index (χ3v) is 8.12. The molecule has 1 saturated carbocycles. The van der Waals surface area contributed by atoms with Gasteiger partial charge in [0.2, 0.25) is 0 Å². The van der Waals surface area contributed by atoms with Gasteiger partial charge in [0.05, 0.1) is 39.5 Å². The Morgan fingerprint density at radius 2 is 1.52 bits per heavy atom. The molecular weight excluding hydrogens is 539 g/mol. The lowest BCUT2D eigenvalue weighted by molar-refractivity contribution is -0.0278. The summed E-state index contributed by atoms with van der Waals surface area (Å²) in [6.45, 7) is 0.00230. The average molecular weight is 571 g/mol. The highest BCUT2D eigenvalue weighted by atomic mass is 19.1. The van der Waals surface area contributed by atoms with Crippen molar-refractivity contribution in [3.8, 4) is 11.5 Å². The van der Waals surface area contributed by atoms with Crippen LogP contribution >= 0.6 is 0 Å². The number of imidazole rings is 1. The van der Waals surface area contributed by atoms with Gasteiger partial charge in [0.15, 0.2) is 11.2 Å². The number of nitrogens with one attached hydrogen (secondary N) is 1. The molecule has 9 nitrogen and oxygen atoms in total. The van der Waals surface area contributed by atoms with Crippen molar-refractivity contribution in [3.63, 3.8) is 0 Å². The number of aromatic amines is 1. The van der Waals surface area contributed by atoms with Gasteiger partial charge in [0, 0.05) is 5.92 Å². The summed E-state index contributed by atoms with van der Waals surface area (Å²) in [5.74, 6) is 0.742. The Balaban J connectivity index is 1.39. The van der Waals surface area contributed by atoms with Crippen LogP contribution in [-0.4, -0.2) is 57.7 Å². The van der Waals surface area contributed by atoms with Crippen molar-refractivity contribution in [2.75, 3.05) is 20.8 Å². The van der Waals surface area contributed by atoms with Crippen molar-refractivity contribution >= 4 is 11.2 Å². The number of fused-ring (bicyclic) bond motifs is 1. The Morgan fingerprint density at radius 3 is 2.12 bits per heavy atom. The zero-order chi connectivity index (χ0) is 29.3. The Kier molecular flexibility index (Phi) is 7.49. The number of aliphatic hydroxyl groups excluding tert-OH is 1. The lowest BCUT2D eigenvalue weighted by Crippen LogP contribution is -2.36. The molecule has 5 aromatic rings. The van der Waals surface area contributed by atoms with Crippen molar-refractivity contribution in [2.24, 2.45) is 5.92 Å². The second kappa shape index (κ2) is 11.4. The van der Waals surface area contributed by atoms with Gasteiger partial charge in [-0.2, -0.15) is 0 Å². The lowest BCUT2D eigenvalue weighted by atomic mass is 9.80. The number of aromatic nitrogens is 4. The van der Waals surface area contributed by atoms with Crippen LogP contribution in [0.3, 0.4) is 0 Å². The van der Waals surface area contributed by atoms with Crippen LogP contribution in [0, 0.1) is 5.92 Å². The highest BCUT2D eigenvalue weighted by Gasteiger charge is 2.46. The van der Waals surface area contributed by atoms with Gasteiger partial charge < -0.3 is 28.9 Å². The summed E-state index contributed by atoms with van der Waals surface area (Å²) in [6, 6.07) is 24.3. The van der Waals surface area contributed by atoms with E-state index >= 15 is 4.39 Å². The third-order valence-electron chi connectivity index (χ3n) is 8.12. The average Bonchev–Trinajstić information content (AvgIpc) is 3.59. The molecule has 0 unspecified atom stereocenters. The maximum Gasteiger partial charge on any atom is 0.278 e. The van der Waals surface area contributed by atoms with Gasteiger partial charge in [0.25, 0.3) is 5.56 Å². The molecule has 2 heterocycles. The first-order valence-corrected chi connectivity index (χ1v) is 13.7. The largest absolute Gasteiger partial charge is 0.497 e. The standard InChI is InChI=1S/C32H31FN4O5/c1-40-24-12-8-22(9-13-24)32(21-6-4-3-5-7-21,23-10-14-25(41-2)15-11-23)42-17-20-16-26(29(38)27(20)33)37-19-36-28-30(37)34-18-35-31(28)39/h3-15,18-20,26-27,29,38H,16-17H2,1-2H3,(H,34,35,39)/t20-,26-,27-,29+/m1/s1. The monoisotopic (exact) mass is 570 g/mol. The first-order valence-electron chi connectivity index (χ1n) is 13.7. The molecule has 1 fully saturated rings. The van der Waals surface area contributed by atoms with Gasteiger partial charge in [-0.15, -0.1) is 0 Å². The first-order chi connectivity index (χ1) is 20.5. The summed E-state index contributed by atoms with van der Waals surface area (Å²) in [5.41, 5.74) is 1.44. The number of halogens is 1. The minimum atomic E-state index is -1.57. The van der Waals surface area contributed by atoms with E-state index in [9.17, 15) is 9.90 Å². The molecule has 2 aromatic heterocycles. The molecule has 42 heavy (non-hydrogen) atoms. The van der Waals surface area contributed by atoms with E-state index in [2.05, 4.69) is 15.0 Å².